The van der Waals surface area contributed by atoms with Crippen molar-refractivity contribution in [3.63, 3.8) is 0 Å². The van der Waals surface area contributed by atoms with Crippen molar-refractivity contribution >= 4 is 0 Å². The minimum Gasteiger partial charge on any atom is -0.377 e. The smallest absolute Gasteiger partial charge is 0.0753 e. The molecule has 4 heteroatoms. The summed E-state index contributed by atoms with van der Waals surface area (Å²) in [5.41, 5.74) is 0.982. The fourth-order valence-corrected chi connectivity index (χ4v) is 2.37. The highest BCUT2D eigenvalue weighted by atomic mass is 16.5. The molecule has 1 atom stereocenters. The minimum absolute atomic E-state index is 0.230. The number of hydrogen-bond acceptors (Lipinski definition) is 4. The molecule has 1 unspecified atom stereocenters. The van der Waals surface area contributed by atoms with Gasteiger partial charge in [-0.25, -0.2) is 0 Å². The standard InChI is InChI=1S/C14H23N3O/c1-12(14-11-15-7-8-17-14)16-9-10-18-13-5-3-2-4-6-13/h7-8,11-13,16H,2-6,9-10H2,1H3. The van der Waals surface area contributed by atoms with Gasteiger partial charge in [0.15, 0.2) is 0 Å². The Morgan fingerprint density at radius 3 is 2.89 bits per heavy atom. The maximum absolute atomic E-state index is 5.87. The second-order valence-electron chi connectivity index (χ2n) is 4.94. The van der Waals surface area contributed by atoms with E-state index in [1.165, 1.54) is 32.1 Å². The molecule has 0 aliphatic heterocycles. The van der Waals surface area contributed by atoms with E-state index in [1.807, 2.05) is 0 Å². The molecule has 0 spiro atoms. The molecule has 100 valence electrons. The van der Waals surface area contributed by atoms with E-state index in [0.717, 1.165) is 18.8 Å². The lowest BCUT2D eigenvalue weighted by atomic mass is 9.98. The number of ether oxygens (including phenoxy) is 1. The van der Waals surface area contributed by atoms with Gasteiger partial charge in [0.2, 0.25) is 0 Å². The monoisotopic (exact) mass is 249 g/mol. The zero-order chi connectivity index (χ0) is 12.6. The maximum Gasteiger partial charge on any atom is 0.0753 e. The molecular weight excluding hydrogens is 226 g/mol. The SMILES string of the molecule is CC(NCCOC1CCCCC1)c1cnccn1. The van der Waals surface area contributed by atoms with E-state index < -0.39 is 0 Å². The van der Waals surface area contributed by atoms with Gasteiger partial charge in [-0.1, -0.05) is 19.3 Å². The van der Waals surface area contributed by atoms with Crippen LogP contribution in [-0.4, -0.2) is 29.2 Å². The van der Waals surface area contributed by atoms with Crippen molar-refractivity contribution in [1.29, 1.82) is 0 Å². The van der Waals surface area contributed by atoms with E-state index >= 15 is 0 Å². The second kappa shape index (κ2) is 7.44. The third-order valence-corrected chi connectivity index (χ3v) is 3.49. The molecule has 0 radical (unpaired) electrons. The van der Waals surface area contributed by atoms with E-state index in [2.05, 4.69) is 22.2 Å². The summed E-state index contributed by atoms with van der Waals surface area (Å²) < 4.78 is 5.87. The number of nitrogens with zero attached hydrogens (tertiary/aromatic N) is 2. The average Bonchev–Trinajstić information content (AvgIpc) is 2.45. The molecule has 1 fully saturated rings. The first kappa shape index (κ1) is 13.4. The Balaban J connectivity index is 1.60. The maximum atomic E-state index is 5.87. The normalized spacial score (nSPS) is 18.7. The van der Waals surface area contributed by atoms with E-state index in [4.69, 9.17) is 4.74 Å². The van der Waals surface area contributed by atoms with Crippen LogP contribution >= 0.6 is 0 Å². The molecule has 18 heavy (non-hydrogen) atoms. The molecule has 2 rings (SSSR count). The zero-order valence-corrected chi connectivity index (χ0v) is 11.1. The van der Waals surface area contributed by atoms with Gasteiger partial charge in [-0.3, -0.25) is 9.97 Å². The van der Waals surface area contributed by atoms with Crippen LogP contribution in [0.3, 0.4) is 0 Å². The largest absolute Gasteiger partial charge is 0.377 e. The van der Waals surface area contributed by atoms with Gasteiger partial charge >= 0.3 is 0 Å². The zero-order valence-electron chi connectivity index (χ0n) is 11.1. The van der Waals surface area contributed by atoms with Crippen LogP contribution in [0.4, 0.5) is 0 Å². The third kappa shape index (κ3) is 4.35. The highest BCUT2D eigenvalue weighted by Crippen LogP contribution is 2.19. The van der Waals surface area contributed by atoms with Crippen LogP contribution in [0, 0.1) is 0 Å². The van der Waals surface area contributed by atoms with Crippen LogP contribution in [-0.2, 0) is 4.74 Å². The summed E-state index contributed by atoms with van der Waals surface area (Å²) >= 11 is 0. The van der Waals surface area contributed by atoms with E-state index in [9.17, 15) is 0 Å². The molecule has 1 aliphatic rings. The first-order chi connectivity index (χ1) is 8.86. The fraction of sp³-hybridized carbons (Fsp3) is 0.714. The van der Waals surface area contributed by atoms with Crippen LogP contribution in [0.15, 0.2) is 18.6 Å². The first-order valence-corrected chi connectivity index (χ1v) is 6.97. The Kier molecular flexibility index (Phi) is 5.55. The summed E-state index contributed by atoms with van der Waals surface area (Å²) in [6.45, 7) is 3.76. The van der Waals surface area contributed by atoms with Gasteiger partial charge in [0, 0.05) is 31.2 Å². The summed E-state index contributed by atoms with van der Waals surface area (Å²) in [6, 6.07) is 0.230. The summed E-state index contributed by atoms with van der Waals surface area (Å²) in [4.78, 5) is 8.36. The van der Waals surface area contributed by atoms with E-state index in [1.54, 1.807) is 18.6 Å². The molecule has 0 amide bonds. The molecule has 1 aromatic heterocycles. The Bertz CT molecular complexity index is 325. The van der Waals surface area contributed by atoms with Gasteiger partial charge < -0.3 is 10.1 Å². The lowest BCUT2D eigenvalue weighted by Crippen LogP contribution is -2.27. The summed E-state index contributed by atoms with van der Waals surface area (Å²) in [5.74, 6) is 0. The van der Waals surface area contributed by atoms with Gasteiger partial charge in [0.25, 0.3) is 0 Å². The Morgan fingerprint density at radius 1 is 1.33 bits per heavy atom. The van der Waals surface area contributed by atoms with Crippen molar-refractivity contribution in [2.45, 2.75) is 51.2 Å². The van der Waals surface area contributed by atoms with Crippen molar-refractivity contribution < 1.29 is 4.74 Å². The van der Waals surface area contributed by atoms with Crippen LogP contribution in [0.1, 0.15) is 50.8 Å². The molecule has 0 aromatic carbocycles. The van der Waals surface area contributed by atoms with Crippen LogP contribution in [0.2, 0.25) is 0 Å². The van der Waals surface area contributed by atoms with Gasteiger partial charge in [-0.2, -0.15) is 0 Å². The number of hydrogen-bond donors (Lipinski definition) is 1. The summed E-state index contributed by atoms with van der Waals surface area (Å²) in [6.07, 6.45) is 12.2. The lowest BCUT2D eigenvalue weighted by Gasteiger charge is -2.22. The second-order valence-corrected chi connectivity index (χ2v) is 4.94. The topological polar surface area (TPSA) is 47.0 Å². The predicted octanol–water partition coefficient (Wildman–Crippen LogP) is 2.48. The van der Waals surface area contributed by atoms with Gasteiger partial charge in [0.1, 0.15) is 0 Å². The van der Waals surface area contributed by atoms with Crippen molar-refractivity contribution in [2.24, 2.45) is 0 Å². The highest BCUT2D eigenvalue weighted by molar-refractivity contribution is 5.00. The van der Waals surface area contributed by atoms with Crippen molar-refractivity contribution in [3.05, 3.63) is 24.3 Å². The predicted molar refractivity (Wildman–Crippen MR) is 71.3 cm³/mol. The van der Waals surface area contributed by atoms with Gasteiger partial charge in [0.05, 0.1) is 18.4 Å². The van der Waals surface area contributed by atoms with Crippen molar-refractivity contribution in [2.75, 3.05) is 13.2 Å². The Hall–Kier alpha value is -1.00. The van der Waals surface area contributed by atoms with Gasteiger partial charge in [-0.05, 0) is 19.8 Å². The number of nitrogens with one attached hydrogen (secondary N) is 1. The Labute approximate surface area is 109 Å². The summed E-state index contributed by atoms with van der Waals surface area (Å²) in [5, 5.41) is 3.41. The lowest BCUT2D eigenvalue weighted by molar-refractivity contribution is 0.0295. The van der Waals surface area contributed by atoms with Crippen LogP contribution < -0.4 is 5.32 Å². The minimum atomic E-state index is 0.230. The quantitative estimate of drug-likeness (QED) is 0.787. The van der Waals surface area contributed by atoms with Crippen LogP contribution in [0.5, 0.6) is 0 Å². The summed E-state index contributed by atoms with van der Waals surface area (Å²) in [7, 11) is 0. The van der Waals surface area contributed by atoms with E-state index in [0.29, 0.717) is 6.10 Å². The molecule has 0 saturated heterocycles. The Morgan fingerprint density at radius 2 is 2.17 bits per heavy atom. The highest BCUT2D eigenvalue weighted by Gasteiger charge is 2.13. The van der Waals surface area contributed by atoms with Crippen molar-refractivity contribution in [1.82, 2.24) is 15.3 Å². The molecule has 1 aliphatic carbocycles. The molecule has 1 saturated carbocycles. The molecule has 0 bridgehead atoms. The molecular formula is C14H23N3O. The van der Waals surface area contributed by atoms with Crippen molar-refractivity contribution in [3.8, 4) is 0 Å². The fourth-order valence-electron chi connectivity index (χ4n) is 2.37. The third-order valence-electron chi connectivity index (χ3n) is 3.49. The van der Waals surface area contributed by atoms with Gasteiger partial charge in [-0.15, -0.1) is 0 Å². The average molecular weight is 249 g/mol. The number of aromatic nitrogens is 2. The molecule has 1 aromatic rings. The molecule has 1 N–H and O–H groups in total. The van der Waals surface area contributed by atoms with Crippen LogP contribution in [0.25, 0.3) is 0 Å². The number of rotatable bonds is 6. The first-order valence-electron chi connectivity index (χ1n) is 6.97. The molecule has 4 nitrogen and oxygen atoms in total. The molecule has 1 heterocycles. The van der Waals surface area contributed by atoms with E-state index in [-0.39, 0.29) is 6.04 Å².